The number of anilines is 1. The summed E-state index contributed by atoms with van der Waals surface area (Å²) in [5.41, 5.74) is 8.00. The molecule has 0 spiro atoms. The van der Waals surface area contributed by atoms with Gasteiger partial charge < -0.3 is 15.9 Å². The summed E-state index contributed by atoms with van der Waals surface area (Å²) in [5, 5.41) is 26.9. The maximum atomic E-state index is 9.52. The first-order chi connectivity index (χ1) is 9.66. The summed E-state index contributed by atoms with van der Waals surface area (Å²) in [7, 11) is 0. The Kier molecular flexibility index (Phi) is 2.76. The normalized spacial score (nSPS) is 10.6. The van der Waals surface area contributed by atoms with Gasteiger partial charge in [-0.3, -0.25) is 0 Å². The van der Waals surface area contributed by atoms with Gasteiger partial charge in [-0.25, -0.2) is 0 Å². The molecule has 0 fully saturated rings. The number of phenols is 2. The van der Waals surface area contributed by atoms with E-state index < -0.39 is 0 Å². The third-order valence-corrected chi connectivity index (χ3v) is 2.96. The van der Waals surface area contributed by atoms with Crippen LogP contribution in [0.3, 0.4) is 0 Å². The highest BCUT2D eigenvalue weighted by molar-refractivity contribution is 5.71. The molecule has 4 N–H and O–H groups in total. The molecule has 100 valence electrons. The van der Waals surface area contributed by atoms with E-state index in [4.69, 9.17) is 5.73 Å². The largest absolute Gasteiger partial charge is 0.504 e. The summed E-state index contributed by atoms with van der Waals surface area (Å²) in [4.78, 5) is 0. The molecule has 3 aromatic rings. The van der Waals surface area contributed by atoms with Gasteiger partial charge in [-0.05, 0) is 12.1 Å². The van der Waals surface area contributed by atoms with Crippen molar-refractivity contribution in [3.05, 3.63) is 48.5 Å². The van der Waals surface area contributed by atoms with Gasteiger partial charge in [0.05, 0.1) is 5.69 Å². The predicted octanol–water partition coefficient (Wildman–Crippen LogP) is 1.93. The highest BCUT2D eigenvalue weighted by atomic mass is 16.3. The quantitative estimate of drug-likeness (QED) is 0.617. The van der Waals surface area contributed by atoms with E-state index in [9.17, 15) is 10.2 Å². The van der Waals surface area contributed by atoms with Gasteiger partial charge in [0.15, 0.2) is 17.3 Å². The van der Waals surface area contributed by atoms with Crippen LogP contribution in [0.1, 0.15) is 0 Å². The number of benzene rings is 2. The molecule has 0 saturated heterocycles. The lowest BCUT2D eigenvalue weighted by atomic mass is 10.1. The van der Waals surface area contributed by atoms with E-state index in [1.165, 1.54) is 16.8 Å². The monoisotopic (exact) mass is 268 g/mol. The average Bonchev–Trinajstić information content (AvgIpc) is 2.85. The molecule has 6 nitrogen and oxygen atoms in total. The van der Waals surface area contributed by atoms with Crippen molar-refractivity contribution in [3.63, 3.8) is 0 Å². The van der Waals surface area contributed by atoms with Gasteiger partial charge in [-0.1, -0.05) is 35.5 Å². The summed E-state index contributed by atoms with van der Waals surface area (Å²) < 4.78 is 1.40. The van der Waals surface area contributed by atoms with Crippen LogP contribution < -0.4 is 5.73 Å². The lowest BCUT2D eigenvalue weighted by Gasteiger charge is -2.05. The molecule has 1 heterocycles. The van der Waals surface area contributed by atoms with Crippen LogP contribution in [0, 0.1) is 0 Å². The Morgan fingerprint density at radius 2 is 1.70 bits per heavy atom. The number of aromatic hydroxyl groups is 2. The van der Waals surface area contributed by atoms with Crippen molar-refractivity contribution in [2.45, 2.75) is 0 Å². The second-order valence-corrected chi connectivity index (χ2v) is 4.27. The molecule has 0 amide bonds. The van der Waals surface area contributed by atoms with E-state index in [1.807, 2.05) is 30.3 Å². The zero-order chi connectivity index (χ0) is 14.1. The summed E-state index contributed by atoms with van der Waals surface area (Å²) in [6, 6.07) is 13.8. The number of phenolic OH excluding ortho intramolecular Hbond substituents is 2. The first kappa shape index (κ1) is 12.0. The molecule has 1 aromatic heterocycles. The maximum absolute atomic E-state index is 9.52. The van der Waals surface area contributed by atoms with Crippen molar-refractivity contribution in [1.29, 1.82) is 0 Å². The van der Waals surface area contributed by atoms with Crippen LogP contribution in [-0.2, 0) is 0 Å². The zero-order valence-electron chi connectivity index (χ0n) is 10.4. The number of nitrogens with two attached hydrogens (primary N) is 1. The van der Waals surface area contributed by atoms with E-state index >= 15 is 0 Å². The highest BCUT2D eigenvalue weighted by Crippen LogP contribution is 2.29. The molecule has 0 saturated carbocycles. The first-order valence-electron chi connectivity index (χ1n) is 5.96. The lowest BCUT2D eigenvalue weighted by molar-refractivity contribution is 0.403. The number of hydrogen-bond acceptors (Lipinski definition) is 5. The first-order valence-corrected chi connectivity index (χ1v) is 5.96. The Hall–Kier alpha value is -3.02. The molecule has 20 heavy (non-hydrogen) atoms. The van der Waals surface area contributed by atoms with E-state index in [0.717, 1.165) is 5.56 Å². The van der Waals surface area contributed by atoms with E-state index in [1.54, 1.807) is 6.07 Å². The van der Waals surface area contributed by atoms with Crippen molar-refractivity contribution in [2.75, 3.05) is 5.73 Å². The molecular formula is C14H12N4O2. The minimum Gasteiger partial charge on any atom is -0.504 e. The minimum atomic E-state index is -0.237. The van der Waals surface area contributed by atoms with Gasteiger partial charge in [0.2, 0.25) is 0 Å². The number of hydrogen-bond donors (Lipinski definition) is 3. The Morgan fingerprint density at radius 3 is 2.40 bits per heavy atom. The van der Waals surface area contributed by atoms with Gasteiger partial charge in [-0.2, -0.15) is 4.68 Å². The average molecular weight is 268 g/mol. The fraction of sp³-hybridized carbons (Fsp3) is 0. The van der Waals surface area contributed by atoms with Crippen LogP contribution >= 0.6 is 0 Å². The van der Waals surface area contributed by atoms with Crippen LogP contribution in [0.15, 0.2) is 48.5 Å². The number of rotatable bonds is 2. The summed E-state index contributed by atoms with van der Waals surface area (Å²) >= 11 is 0. The number of nitrogen functional groups attached to an aromatic ring is 1. The SMILES string of the molecule is Nc1c(-c2ccccc2)nnn1-c1ccc(O)c(O)c1. The van der Waals surface area contributed by atoms with Crippen molar-refractivity contribution in [1.82, 2.24) is 15.0 Å². The van der Waals surface area contributed by atoms with Gasteiger partial charge in [0, 0.05) is 11.6 Å². The van der Waals surface area contributed by atoms with E-state index in [-0.39, 0.29) is 11.5 Å². The van der Waals surface area contributed by atoms with E-state index in [0.29, 0.717) is 17.2 Å². The highest BCUT2D eigenvalue weighted by Gasteiger charge is 2.13. The third kappa shape index (κ3) is 1.93. The Balaban J connectivity index is 2.08. The van der Waals surface area contributed by atoms with E-state index in [2.05, 4.69) is 10.3 Å². The second-order valence-electron chi connectivity index (χ2n) is 4.27. The topological polar surface area (TPSA) is 97.2 Å². The Labute approximate surface area is 114 Å². The molecule has 2 aromatic carbocycles. The fourth-order valence-electron chi connectivity index (χ4n) is 1.93. The molecule has 0 aliphatic heterocycles. The predicted molar refractivity (Wildman–Crippen MR) is 74.5 cm³/mol. The third-order valence-electron chi connectivity index (χ3n) is 2.96. The molecule has 3 rings (SSSR count). The molecule has 0 unspecified atom stereocenters. The molecular weight excluding hydrogens is 256 g/mol. The molecule has 6 heteroatoms. The minimum absolute atomic E-state index is 0.198. The van der Waals surface area contributed by atoms with Crippen molar-refractivity contribution < 1.29 is 10.2 Å². The molecule has 0 aliphatic rings. The number of nitrogens with zero attached hydrogens (tertiary/aromatic N) is 3. The fourth-order valence-corrected chi connectivity index (χ4v) is 1.93. The van der Waals surface area contributed by atoms with Crippen LogP contribution in [0.5, 0.6) is 11.5 Å². The van der Waals surface area contributed by atoms with Crippen molar-refractivity contribution >= 4 is 5.82 Å². The van der Waals surface area contributed by atoms with Crippen molar-refractivity contribution in [3.8, 4) is 28.4 Å². The van der Waals surface area contributed by atoms with Crippen LogP contribution in [0.2, 0.25) is 0 Å². The van der Waals surface area contributed by atoms with Crippen LogP contribution in [-0.4, -0.2) is 25.2 Å². The van der Waals surface area contributed by atoms with Crippen molar-refractivity contribution in [2.24, 2.45) is 0 Å². The summed E-state index contributed by atoms with van der Waals surface area (Å²) in [6.07, 6.45) is 0. The molecule has 0 aliphatic carbocycles. The maximum Gasteiger partial charge on any atom is 0.159 e. The zero-order valence-corrected chi connectivity index (χ0v) is 10.4. The summed E-state index contributed by atoms with van der Waals surface area (Å²) in [6.45, 7) is 0. The van der Waals surface area contributed by atoms with Gasteiger partial charge in [-0.15, -0.1) is 5.10 Å². The number of aromatic nitrogens is 3. The van der Waals surface area contributed by atoms with Gasteiger partial charge >= 0.3 is 0 Å². The molecule has 0 atom stereocenters. The van der Waals surface area contributed by atoms with Gasteiger partial charge in [0.1, 0.15) is 5.69 Å². The standard InChI is InChI=1S/C14H12N4O2/c15-14-13(9-4-2-1-3-5-9)16-17-18(14)10-6-7-11(19)12(20)8-10/h1-8,19-20H,15H2. The summed E-state index contributed by atoms with van der Waals surface area (Å²) in [5.74, 6) is -0.0735. The Bertz CT molecular complexity index is 753. The second kappa shape index (κ2) is 4.58. The Morgan fingerprint density at radius 1 is 0.950 bits per heavy atom. The molecule has 0 radical (unpaired) electrons. The van der Waals surface area contributed by atoms with Crippen LogP contribution in [0.25, 0.3) is 16.9 Å². The smallest absolute Gasteiger partial charge is 0.159 e. The molecule has 0 bridgehead atoms. The lowest BCUT2D eigenvalue weighted by Crippen LogP contribution is -2.02. The van der Waals surface area contributed by atoms with Gasteiger partial charge in [0.25, 0.3) is 0 Å². The van der Waals surface area contributed by atoms with Crippen LogP contribution in [0.4, 0.5) is 5.82 Å².